The molecule has 0 saturated heterocycles. The number of benzene rings is 1. The summed E-state index contributed by atoms with van der Waals surface area (Å²) < 4.78 is 0. The van der Waals surface area contributed by atoms with Crippen LogP contribution in [0.5, 0.6) is 0 Å². The quantitative estimate of drug-likeness (QED) is 0.485. The third-order valence-corrected chi connectivity index (χ3v) is 2.89. The van der Waals surface area contributed by atoms with Crippen molar-refractivity contribution in [3.05, 3.63) is 29.8 Å². The fourth-order valence-corrected chi connectivity index (χ4v) is 1.81. The molecule has 1 aromatic rings. The van der Waals surface area contributed by atoms with Crippen molar-refractivity contribution in [3.8, 4) is 0 Å². The van der Waals surface area contributed by atoms with Gasteiger partial charge in [0.25, 0.3) is 0 Å². The monoisotopic (exact) mass is 297 g/mol. The summed E-state index contributed by atoms with van der Waals surface area (Å²) in [7, 11) is 0. The van der Waals surface area contributed by atoms with Gasteiger partial charge in [-0.3, -0.25) is 9.69 Å². The molecule has 1 amide bonds. The number of carbonyl (C=O) groups is 1. The summed E-state index contributed by atoms with van der Waals surface area (Å²) in [6, 6.07) is 6.90. The van der Waals surface area contributed by atoms with E-state index in [2.05, 4.69) is 5.32 Å². The van der Waals surface area contributed by atoms with Crippen LogP contribution in [-0.2, 0) is 4.79 Å². The van der Waals surface area contributed by atoms with Crippen molar-refractivity contribution in [2.75, 3.05) is 38.2 Å². The number of rotatable bonds is 8. The van der Waals surface area contributed by atoms with Crippen LogP contribution in [0.1, 0.15) is 5.56 Å². The highest BCUT2D eigenvalue weighted by molar-refractivity contribution is 7.80. The van der Waals surface area contributed by atoms with E-state index < -0.39 is 0 Å². The van der Waals surface area contributed by atoms with Gasteiger partial charge in [-0.05, 0) is 24.3 Å². The molecule has 0 aliphatic carbocycles. The van der Waals surface area contributed by atoms with Crippen molar-refractivity contribution in [1.82, 2.24) is 4.90 Å². The van der Waals surface area contributed by atoms with E-state index in [0.717, 1.165) is 5.56 Å². The molecule has 110 valence electrons. The second-order valence-corrected chi connectivity index (χ2v) is 4.65. The van der Waals surface area contributed by atoms with Crippen molar-refractivity contribution in [2.45, 2.75) is 0 Å². The van der Waals surface area contributed by atoms with Gasteiger partial charge in [0.05, 0.1) is 19.8 Å². The van der Waals surface area contributed by atoms with Crippen LogP contribution in [0.2, 0.25) is 0 Å². The zero-order valence-corrected chi connectivity index (χ0v) is 11.9. The highest BCUT2D eigenvalue weighted by atomic mass is 32.1. The topological polar surface area (TPSA) is 98.8 Å². The van der Waals surface area contributed by atoms with Gasteiger partial charge in [-0.15, -0.1) is 0 Å². The number of nitrogens with zero attached hydrogens (tertiary/aromatic N) is 1. The van der Waals surface area contributed by atoms with Gasteiger partial charge in [-0.1, -0.05) is 12.2 Å². The van der Waals surface area contributed by atoms with E-state index in [1.807, 2.05) is 0 Å². The molecule has 0 bridgehead atoms. The molecule has 0 aromatic heterocycles. The Kier molecular flexibility index (Phi) is 7.10. The number of thiocarbonyl (C=S) groups is 1. The molecule has 6 nitrogen and oxygen atoms in total. The highest BCUT2D eigenvalue weighted by Gasteiger charge is 2.10. The first-order chi connectivity index (χ1) is 9.56. The Labute approximate surface area is 123 Å². The number of amides is 1. The number of anilines is 1. The second kappa shape index (κ2) is 8.60. The number of aliphatic hydroxyl groups excluding tert-OH is 2. The van der Waals surface area contributed by atoms with Crippen LogP contribution < -0.4 is 11.1 Å². The number of hydrogen-bond donors (Lipinski definition) is 4. The van der Waals surface area contributed by atoms with E-state index in [1.165, 1.54) is 0 Å². The summed E-state index contributed by atoms with van der Waals surface area (Å²) in [4.78, 5) is 13.8. The Hall–Kier alpha value is -1.54. The van der Waals surface area contributed by atoms with Gasteiger partial charge in [0, 0.05) is 24.3 Å². The third-order valence-electron chi connectivity index (χ3n) is 2.65. The predicted molar refractivity (Wildman–Crippen MR) is 81.6 cm³/mol. The standard InChI is InChI=1S/C13H19N3O3S/c14-13(20)10-1-3-11(4-2-10)15-12(19)9-16(5-7-17)6-8-18/h1-4,17-18H,5-9H2,(H2,14,20)(H,15,19). The maximum Gasteiger partial charge on any atom is 0.238 e. The molecule has 0 atom stereocenters. The van der Waals surface area contributed by atoms with Gasteiger partial charge in [-0.25, -0.2) is 0 Å². The Morgan fingerprint density at radius 1 is 1.20 bits per heavy atom. The maximum atomic E-state index is 11.8. The van der Waals surface area contributed by atoms with Crippen LogP contribution in [0.25, 0.3) is 0 Å². The molecule has 0 aliphatic rings. The largest absolute Gasteiger partial charge is 0.395 e. The average molecular weight is 297 g/mol. The Morgan fingerprint density at radius 2 is 1.75 bits per heavy atom. The van der Waals surface area contributed by atoms with Crippen LogP contribution in [-0.4, -0.2) is 58.9 Å². The zero-order chi connectivity index (χ0) is 15.0. The lowest BCUT2D eigenvalue weighted by atomic mass is 10.2. The first kappa shape index (κ1) is 16.5. The smallest absolute Gasteiger partial charge is 0.238 e. The molecule has 0 spiro atoms. The van der Waals surface area contributed by atoms with Crippen LogP contribution in [0.3, 0.4) is 0 Å². The maximum absolute atomic E-state index is 11.8. The summed E-state index contributed by atoms with van der Waals surface area (Å²) in [5.41, 5.74) is 6.87. The number of hydrogen-bond acceptors (Lipinski definition) is 5. The summed E-state index contributed by atoms with van der Waals surface area (Å²) >= 11 is 4.84. The van der Waals surface area contributed by atoms with E-state index in [4.69, 9.17) is 28.2 Å². The molecule has 1 aromatic carbocycles. The first-order valence-corrected chi connectivity index (χ1v) is 6.61. The minimum absolute atomic E-state index is 0.0596. The lowest BCUT2D eigenvalue weighted by Crippen LogP contribution is -2.37. The fourth-order valence-electron chi connectivity index (χ4n) is 1.67. The Balaban J connectivity index is 2.54. The number of carbonyl (C=O) groups excluding carboxylic acids is 1. The van der Waals surface area contributed by atoms with Crippen LogP contribution in [0.15, 0.2) is 24.3 Å². The van der Waals surface area contributed by atoms with Crippen molar-refractivity contribution in [2.24, 2.45) is 5.73 Å². The van der Waals surface area contributed by atoms with Crippen molar-refractivity contribution >= 4 is 28.8 Å². The normalized spacial score (nSPS) is 10.6. The molecular weight excluding hydrogens is 278 g/mol. The SMILES string of the molecule is NC(=S)c1ccc(NC(=O)CN(CCO)CCO)cc1. The lowest BCUT2D eigenvalue weighted by molar-refractivity contribution is -0.117. The van der Waals surface area contributed by atoms with E-state index in [1.54, 1.807) is 29.2 Å². The van der Waals surface area contributed by atoms with Crippen molar-refractivity contribution in [3.63, 3.8) is 0 Å². The molecule has 20 heavy (non-hydrogen) atoms. The lowest BCUT2D eigenvalue weighted by Gasteiger charge is -2.19. The van der Waals surface area contributed by atoms with E-state index in [9.17, 15) is 4.79 Å². The number of aliphatic hydroxyl groups is 2. The van der Waals surface area contributed by atoms with Gasteiger partial charge in [0.2, 0.25) is 5.91 Å². The van der Waals surface area contributed by atoms with Gasteiger partial charge in [0.15, 0.2) is 0 Å². The first-order valence-electron chi connectivity index (χ1n) is 6.20. The zero-order valence-electron chi connectivity index (χ0n) is 11.1. The summed E-state index contributed by atoms with van der Waals surface area (Å²) in [6.45, 7) is 0.673. The molecule has 0 heterocycles. The molecule has 1 rings (SSSR count). The Bertz CT molecular complexity index is 445. The van der Waals surface area contributed by atoms with E-state index in [-0.39, 0.29) is 25.7 Å². The van der Waals surface area contributed by atoms with Crippen LogP contribution in [0, 0.1) is 0 Å². The Morgan fingerprint density at radius 3 is 2.20 bits per heavy atom. The van der Waals surface area contributed by atoms with Gasteiger partial charge >= 0.3 is 0 Å². The molecule has 0 radical (unpaired) electrons. The molecule has 0 fully saturated rings. The van der Waals surface area contributed by atoms with E-state index >= 15 is 0 Å². The summed E-state index contributed by atoms with van der Waals surface area (Å²) in [5.74, 6) is -0.213. The molecular formula is C13H19N3O3S. The number of nitrogens with one attached hydrogen (secondary N) is 1. The van der Waals surface area contributed by atoms with Crippen LogP contribution in [0.4, 0.5) is 5.69 Å². The molecule has 0 unspecified atom stereocenters. The molecule has 7 heteroatoms. The fraction of sp³-hybridized carbons (Fsp3) is 0.385. The molecule has 0 aliphatic heterocycles. The van der Waals surface area contributed by atoms with Gasteiger partial charge in [0.1, 0.15) is 4.99 Å². The molecule has 5 N–H and O–H groups in total. The van der Waals surface area contributed by atoms with Gasteiger partial charge < -0.3 is 21.3 Å². The predicted octanol–water partition coefficient (Wildman–Crippen LogP) is -0.454. The minimum Gasteiger partial charge on any atom is -0.395 e. The third kappa shape index (κ3) is 5.62. The summed E-state index contributed by atoms with van der Waals surface area (Å²) in [6.07, 6.45) is 0. The van der Waals surface area contributed by atoms with Gasteiger partial charge in [-0.2, -0.15) is 0 Å². The summed E-state index contributed by atoms with van der Waals surface area (Å²) in [5, 5.41) is 20.5. The molecule has 0 saturated carbocycles. The minimum atomic E-state index is -0.213. The number of nitrogens with two attached hydrogens (primary N) is 1. The highest BCUT2D eigenvalue weighted by Crippen LogP contribution is 2.09. The van der Waals surface area contributed by atoms with Crippen molar-refractivity contribution < 1.29 is 15.0 Å². The van der Waals surface area contributed by atoms with E-state index in [0.29, 0.717) is 23.8 Å². The second-order valence-electron chi connectivity index (χ2n) is 4.21. The van der Waals surface area contributed by atoms with Crippen molar-refractivity contribution in [1.29, 1.82) is 0 Å². The average Bonchev–Trinajstić information content (AvgIpc) is 2.39. The van der Waals surface area contributed by atoms with Crippen LogP contribution >= 0.6 is 12.2 Å².